The second-order valence-corrected chi connectivity index (χ2v) is 6.54. The van der Waals surface area contributed by atoms with Gasteiger partial charge in [0.05, 0.1) is 6.54 Å². The number of nitrogens with zero attached hydrogens (tertiary/aromatic N) is 2. The van der Waals surface area contributed by atoms with E-state index in [0.29, 0.717) is 48.1 Å². The zero-order chi connectivity index (χ0) is 18.1. The minimum atomic E-state index is -0.368. The van der Waals surface area contributed by atoms with Gasteiger partial charge in [-0.05, 0) is 18.1 Å². The molecule has 132 valence electrons. The summed E-state index contributed by atoms with van der Waals surface area (Å²) in [6.07, 6.45) is 0.595. The zero-order valence-corrected chi connectivity index (χ0v) is 14.8. The molecular formula is C20H17ClN2O3. The number of halogens is 1. The van der Waals surface area contributed by atoms with Crippen LogP contribution >= 0.6 is 11.6 Å². The summed E-state index contributed by atoms with van der Waals surface area (Å²) >= 11 is 6.31. The van der Waals surface area contributed by atoms with Crippen molar-refractivity contribution in [1.29, 1.82) is 0 Å². The Bertz CT molecular complexity index is 1070. The van der Waals surface area contributed by atoms with Crippen LogP contribution in [0.2, 0.25) is 5.02 Å². The van der Waals surface area contributed by atoms with Gasteiger partial charge >= 0.3 is 5.69 Å². The first-order valence-electron chi connectivity index (χ1n) is 8.46. The van der Waals surface area contributed by atoms with Gasteiger partial charge in [0.1, 0.15) is 12.2 Å². The monoisotopic (exact) mass is 368 g/mol. The number of aromatic nitrogens is 2. The van der Waals surface area contributed by atoms with Crippen LogP contribution in [-0.2, 0) is 19.5 Å². The molecule has 6 heteroatoms. The third-order valence-electron chi connectivity index (χ3n) is 4.54. The van der Waals surface area contributed by atoms with Crippen molar-refractivity contribution in [2.45, 2.75) is 19.5 Å². The van der Waals surface area contributed by atoms with Crippen LogP contribution < -0.4 is 16.0 Å². The molecule has 1 aromatic heterocycles. The lowest BCUT2D eigenvalue weighted by molar-refractivity contribution is 0.357. The Balaban J connectivity index is 1.85. The van der Waals surface area contributed by atoms with E-state index in [4.69, 9.17) is 16.3 Å². The molecule has 1 aliphatic rings. The summed E-state index contributed by atoms with van der Waals surface area (Å²) in [4.78, 5) is 25.9. The van der Waals surface area contributed by atoms with Gasteiger partial charge in [0.15, 0.2) is 0 Å². The molecule has 0 atom stereocenters. The van der Waals surface area contributed by atoms with Crippen molar-refractivity contribution >= 4 is 11.6 Å². The second kappa shape index (κ2) is 6.84. The highest BCUT2D eigenvalue weighted by molar-refractivity contribution is 6.33. The van der Waals surface area contributed by atoms with E-state index in [1.165, 1.54) is 9.13 Å². The number of ether oxygens (including phenoxy) is 1. The first kappa shape index (κ1) is 16.7. The van der Waals surface area contributed by atoms with Crippen LogP contribution in [0.4, 0.5) is 0 Å². The molecule has 0 aliphatic carbocycles. The number of benzene rings is 2. The van der Waals surface area contributed by atoms with Gasteiger partial charge in [-0.3, -0.25) is 13.9 Å². The molecule has 0 amide bonds. The topological polar surface area (TPSA) is 53.2 Å². The minimum Gasteiger partial charge on any atom is -0.476 e. The third-order valence-corrected chi connectivity index (χ3v) is 4.87. The van der Waals surface area contributed by atoms with Crippen molar-refractivity contribution in [2.24, 2.45) is 0 Å². The summed E-state index contributed by atoms with van der Waals surface area (Å²) in [5.74, 6) is 0.309. The number of hydrogen-bond donors (Lipinski definition) is 0. The molecule has 0 N–H and O–H groups in total. The maximum absolute atomic E-state index is 13.1. The SMILES string of the molecule is O=c1c(-c2ccccc2Cl)c2n(c(=O)n1CCc1ccccc1)CCO2. The normalized spacial score (nSPS) is 12.7. The highest BCUT2D eigenvalue weighted by Gasteiger charge is 2.26. The van der Waals surface area contributed by atoms with Crippen LogP contribution in [0.25, 0.3) is 11.1 Å². The maximum Gasteiger partial charge on any atom is 0.333 e. The van der Waals surface area contributed by atoms with Gasteiger partial charge in [-0.15, -0.1) is 0 Å². The quantitative estimate of drug-likeness (QED) is 0.711. The van der Waals surface area contributed by atoms with Crippen LogP contribution in [0.1, 0.15) is 5.56 Å². The molecule has 0 unspecified atom stereocenters. The Morgan fingerprint density at radius 2 is 1.73 bits per heavy atom. The van der Waals surface area contributed by atoms with Gasteiger partial charge in [0.25, 0.3) is 5.56 Å². The summed E-state index contributed by atoms with van der Waals surface area (Å²) < 4.78 is 8.41. The molecule has 0 saturated heterocycles. The third kappa shape index (κ3) is 2.84. The van der Waals surface area contributed by atoms with Crippen molar-refractivity contribution in [3.05, 3.63) is 86.0 Å². The van der Waals surface area contributed by atoms with Gasteiger partial charge in [-0.25, -0.2) is 4.79 Å². The number of hydrogen-bond acceptors (Lipinski definition) is 3. The van der Waals surface area contributed by atoms with Crippen LogP contribution in [0.5, 0.6) is 5.88 Å². The standard InChI is InChI=1S/C20H17ClN2O3/c21-16-9-5-4-8-15(16)17-18(24)22(11-10-14-6-2-1-3-7-14)20(25)23-12-13-26-19(17)23/h1-9H,10-13H2. The summed E-state index contributed by atoms with van der Waals surface area (Å²) in [5, 5.41) is 0.455. The van der Waals surface area contributed by atoms with E-state index in [0.717, 1.165) is 5.56 Å². The predicted octanol–water partition coefficient (Wildman–Crippen LogP) is 2.97. The highest BCUT2D eigenvalue weighted by Crippen LogP contribution is 2.32. The fourth-order valence-electron chi connectivity index (χ4n) is 3.24. The average molecular weight is 369 g/mol. The largest absolute Gasteiger partial charge is 0.476 e. The van der Waals surface area contributed by atoms with Crippen LogP contribution in [0, 0.1) is 0 Å². The van der Waals surface area contributed by atoms with Gasteiger partial charge in [-0.2, -0.15) is 0 Å². The fourth-order valence-corrected chi connectivity index (χ4v) is 3.47. The average Bonchev–Trinajstić information content (AvgIpc) is 3.14. The number of aryl methyl sites for hydroxylation is 1. The molecule has 4 rings (SSSR count). The van der Waals surface area contributed by atoms with Gasteiger partial charge < -0.3 is 4.74 Å². The number of rotatable bonds is 4. The van der Waals surface area contributed by atoms with E-state index in [9.17, 15) is 9.59 Å². The van der Waals surface area contributed by atoms with Crippen LogP contribution in [-0.4, -0.2) is 15.7 Å². The molecule has 0 saturated carbocycles. The molecule has 1 aliphatic heterocycles. The smallest absolute Gasteiger partial charge is 0.333 e. The second-order valence-electron chi connectivity index (χ2n) is 6.14. The summed E-state index contributed by atoms with van der Waals surface area (Å²) in [6, 6.07) is 16.9. The van der Waals surface area contributed by atoms with Crippen molar-refractivity contribution in [1.82, 2.24) is 9.13 Å². The molecule has 3 aromatic rings. The summed E-state index contributed by atoms with van der Waals surface area (Å²) in [7, 11) is 0. The van der Waals surface area contributed by atoms with E-state index in [2.05, 4.69) is 0 Å². The molecule has 2 heterocycles. The van der Waals surface area contributed by atoms with E-state index in [1.807, 2.05) is 36.4 Å². The summed E-state index contributed by atoms with van der Waals surface area (Å²) in [5.41, 5.74) is 1.29. The molecule has 0 spiro atoms. The lowest BCUT2D eigenvalue weighted by Crippen LogP contribution is -2.40. The molecule has 26 heavy (non-hydrogen) atoms. The van der Waals surface area contributed by atoms with Crippen molar-refractivity contribution < 1.29 is 4.74 Å². The van der Waals surface area contributed by atoms with E-state index >= 15 is 0 Å². The van der Waals surface area contributed by atoms with Crippen molar-refractivity contribution in [2.75, 3.05) is 6.61 Å². The first-order chi connectivity index (χ1) is 12.7. The highest BCUT2D eigenvalue weighted by atomic mass is 35.5. The molecule has 2 aromatic carbocycles. The Labute approximate surface area is 155 Å². The Morgan fingerprint density at radius 1 is 1.00 bits per heavy atom. The molecule has 5 nitrogen and oxygen atoms in total. The predicted molar refractivity (Wildman–Crippen MR) is 101 cm³/mol. The number of fused-ring (bicyclic) bond motifs is 1. The molecule has 0 radical (unpaired) electrons. The maximum atomic E-state index is 13.1. The van der Waals surface area contributed by atoms with Gasteiger partial charge in [0.2, 0.25) is 5.88 Å². The van der Waals surface area contributed by atoms with E-state index in [1.54, 1.807) is 18.2 Å². The lowest BCUT2D eigenvalue weighted by Gasteiger charge is -2.13. The van der Waals surface area contributed by atoms with Crippen LogP contribution in [0.3, 0.4) is 0 Å². The Hall–Kier alpha value is -2.79. The zero-order valence-electron chi connectivity index (χ0n) is 14.0. The fraction of sp³-hybridized carbons (Fsp3) is 0.200. The molecule has 0 fully saturated rings. The summed E-state index contributed by atoms with van der Waals surface area (Å²) in [6.45, 7) is 1.10. The minimum absolute atomic E-state index is 0.305. The van der Waals surface area contributed by atoms with E-state index in [-0.39, 0.29) is 11.2 Å². The van der Waals surface area contributed by atoms with Gasteiger partial charge in [0, 0.05) is 17.1 Å². The molecular weight excluding hydrogens is 352 g/mol. The van der Waals surface area contributed by atoms with Crippen molar-refractivity contribution in [3.8, 4) is 17.0 Å². The molecule has 0 bridgehead atoms. The van der Waals surface area contributed by atoms with Gasteiger partial charge in [-0.1, -0.05) is 60.1 Å². The van der Waals surface area contributed by atoms with E-state index < -0.39 is 0 Å². The van der Waals surface area contributed by atoms with Crippen LogP contribution in [0.15, 0.2) is 64.2 Å². The lowest BCUT2D eigenvalue weighted by atomic mass is 10.1. The Kier molecular flexibility index (Phi) is 4.39. The Morgan fingerprint density at radius 3 is 2.50 bits per heavy atom. The van der Waals surface area contributed by atoms with Crippen molar-refractivity contribution in [3.63, 3.8) is 0 Å². The first-order valence-corrected chi connectivity index (χ1v) is 8.84.